The molecule has 0 saturated carbocycles. The maximum Gasteiger partial charge on any atom is 0.154 e. The number of likely N-dealkylation sites (N-methyl/N-ethyl adjacent to an activating group) is 1. The molecule has 2 atom stereocenters. The summed E-state index contributed by atoms with van der Waals surface area (Å²) >= 11 is 0. The molecular formula is C20H25N7. The first-order valence-electron chi connectivity index (χ1n) is 8.95. The first-order chi connectivity index (χ1) is 13.0. The number of nitrogens with zero attached hydrogens (tertiary/aromatic N) is 5. The molecule has 0 amide bonds. The van der Waals surface area contributed by atoms with E-state index in [1.54, 1.807) is 18.5 Å². The molecule has 2 aliphatic rings. The average molecular weight is 363 g/mol. The maximum absolute atomic E-state index is 5.86. The Morgan fingerprint density at radius 1 is 1.22 bits per heavy atom. The molecule has 140 valence electrons. The van der Waals surface area contributed by atoms with Crippen LogP contribution < -0.4 is 11.1 Å². The molecule has 0 radical (unpaired) electrons. The Morgan fingerprint density at radius 3 is 2.85 bits per heavy atom. The minimum Gasteiger partial charge on any atom is -0.384 e. The Kier molecular flexibility index (Phi) is 5.93. The fourth-order valence-electron chi connectivity index (χ4n) is 2.57. The summed E-state index contributed by atoms with van der Waals surface area (Å²) in [7, 11) is 2.04. The highest BCUT2D eigenvalue weighted by molar-refractivity contribution is 6.13. The second-order valence-electron chi connectivity index (χ2n) is 6.61. The Morgan fingerprint density at radius 2 is 2.07 bits per heavy atom. The lowest BCUT2D eigenvalue weighted by molar-refractivity contribution is 0.234. The van der Waals surface area contributed by atoms with Crippen LogP contribution in [0.2, 0.25) is 0 Å². The fraction of sp³-hybridized carbons (Fsp3) is 0.300. The van der Waals surface area contributed by atoms with Crippen molar-refractivity contribution in [2.45, 2.75) is 32.1 Å². The van der Waals surface area contributed by atoms with Gasteiger partial charge in [-0.15, -0.1) is 0 Å². The van der Waals surface area contributed by atoms with Crippen LogP contribution in [-0.2, 0) is 0 Å². The van der Waals surface area contributed by atoms with Gasteiger partial charge in [-0.1, -0.05) is 18.2 Å². The third-order valence-electron chi connectivity index (χ3n) is 4.30. The van der Waals surface area contributed by atoms with Gasteiger partial charge in [0.05, 0.1) is 0 Å². The SMILES string of the molecule is CC(C)N(C)C1C=CC(=NC2C=CC=CN=C2)NC(c2cccc(N)n2)=N1. The highest BCUT2D eigenvalue weighted by Crippen LogP contribution is 2.12. The molecule has 0 saturated heterocycles. The molecule has 3 heterocycles. The maximum atomic E-state index is 5.86. The summed E-state index contributed by atoms with van der Waals surface area (Å²) in [6.07, 6.45) is 13.2. The van der Waals surface area contributed by atoms with Crippen LogP contribution in [0.3, 0.4) is 0 Å². The zero-order chi connectivity index (χ0) is 19.2. The number of nitrogens with one attached hydrogen (secondary N) is 1. The molecule has 1 aromatic heterocycles. The van der Waals surface area contributed by atoms with Crippen LogP contribution >= 0.6 is 0 Å². The van der Waals surface area contributed by atoms with Gasteiger partial charge in [-0.2, -0.15) is 0 Å². The Labute approximate surface area is 159 Å². The summed E-state index contributed by atoms with van der Waals surface area (Å²) in [5.74, 6) is 1.78. The smallest absolute Gasteiger partial charge is 0.154 e. The number of amidine groups is 2. The topological polar surface area (TPSA) is 91.3 Å². The molecule has 7 heteroatoms. The standard InChI is InChI=1S/C20H25N7/c1-14(2)27(3)19-11-10-18(23-15-7-4-5-12-22-13-15)25-20(26-19)16-8-6-9-17(21)24-16/h4-15,19H,1-3H3,(H2,21,24)(H,23,25,26). The lowest BCUT2D eigenvalue weighted by Gasteiger charge is -2.26. The van der Waals surface area contributed by atoms with Gasteiger partial charge in [-0.05, 0) is 51.3 Å². The van der Waals surface area contributed by atoms with E-state index in [9.17, 15) is 0 Å². The van der Waals surface area contributed by atoms with Gasteiger partial charge in [-0.25, -0.2) is 9.98 Å². The first-order valence-corrected chi connectivity index (χ1v) is 8.95. The van der Waals surface area contributed by atoms with E-state index in [4.69, 9.17) is 15.7 Å². The number of rotatable bonds is 4. The van der Waals surface area contributed by atoms with E-state index in [1.165, 1.54) is 0 Å². The minimum absolute atomic E-state index is 0.136. The fourth-order valence-corrected chi connectivity index (χ4v) is 2.57. The van der Waals surface area contributed by atoms with E-state index in [0.717, 1.165) is 0 Å². The summed E-state index contributed by atoms with van der Waals surface area (Å²) in [4.78, 5) is 20.4. The number of hydrogen-bond acceptors (Lipinski definition) is 6. The zero-order valence-electron chi connectivity index (χ0n) is 15.8. The van der Waals surface area contributed by atoms with E-state index in [2.05, 4.69) is 34.0 Å². The predicted molar refractivity (Wildman–Crippen MR) is 112 cm³/mol. The highest BCUT2D eigenvalue weighted by Gasteiger charge is 2.20. The second kappa shape index (κ2) is 8.55. The summed E-state index contributed by atoms with van der Waals surface area (Å²) in [6, 6.07) is 5.69. The molecule has 0 spiro atoms. The lowest BCUT2D eigenvalue weighted by Crippen LogP contribution is -2.36. The molecule has 27 heavy (non-hydrogen) atoms. The third kappa shape index (κ3) is 4.98. The van der Waals surface area contributed by atoms with Crippen molar-refractivity contribution in [2.75, 3.05) is 12.8 Å². The van der Waals surface area contributed by atoms with E-state index in [0.29, 0.717) is 29.2 Å². The van der Waals surface area contributed by atoms with Crippen LogP contribution in [0.25, 0.3) is 0 Å². The van der Waals surface area contributed by atoms with Crippen molar-refractivity contribution >= 4 is 23.7 Å². The number of anilines is 1. The van der Waals surface area contributed by atoms with Crippen molar-refractivity contribution < 1.29 is 0 Å². The van der Waals surface area contributed by atoms with Crippen molar-refractivity contribution in [1.29, 1.82) is 0 Å². The number of pyridine rings is 1. The van der Waals surface area contributed by atoms with Crippen LogP contribution in [0.4, 0.5) is 5.82 Å². The molecule has 1 aromatic rings. The third-order valence-corrected chi connectivity index (χ3v) is 4.30. The van der Waals surface area contributed by atoms with Gasteiger partial charge in [0.1, 0.15) is 29.6 Å². The molecule has 0 aliphatic carbocycles. The van der Waals surface area contributed by atoms with Crippen LogP contribution in [-0.4, -0.2) is 53.1 Å². The molecule has 2 unspecified atom stereocenters. The van der Waals surface area contributed by atoms with Gasteiger partial charge in [0.2, 0.25) is 0 Å². The number of hydrogen-bond donors (Lipinski definition) is 2. The first kappa shape index (κ1) is 18.7. The largest absolute Gasteiger partial charge is 0.384 e. The monoisotopic (exact) mass is 363 g/mol. The quantitative estimate of drug-likeness (QED) is 0.857. The van der Waals surface area contributed by atoms with E-state index in [-0.39, 0.29) is 12.2 Å². The molecule has 0 bridgehead atoms. The minimum atomic E-state index is -0.151. The molecular weight excluding hydrogens is 338 g/mol. The van der Waals surface area contributed by atoms with Crippen LogP contribution in [0.15, 0.2) is 69.8 Å². The van der Waals surface area contributed by atoms with Crippen molar-refractivity contribution in [3.05, 3.63) is 60.5 Å². The average Bonchev–Trinajstić information content (AvgIpc) is 3.02. The number of aliphatic imine (C=N–C) groups is 3. The van der Waals surface area contributed by atoms with Gasteiger partial charge >= 0.3 is 0 Å². The Balaban J connectivity index is 1.96. The molecule has 0 fully saturated rings. The molecule has 3 N–H and O–H groups in total. The van der Waals surface area contributed by atoms with Gasteiger partial charge in [0.25, 0.3) is 0 Å². The summed E-state index contributed by atoms with van der Waals surface area (Å²) in [6.45, 7) is 4.27. The second-order valence-corrected chi connectivity index (χ2v) is 6.61. The van der Waals surface area contributed by atoms with Gasteiger partial charge in [0.15, 0.2) is 5.84 Å². The van der Waals surface area contributed by atoms with Crippen molar-refractivity contribution in [3.63, 3.8) is 0 Å². The van der Waals surface area contributed by atoms with Crippen LogP contribution in [0.1, 0.15) is 19.5 Å². The number of allylic oxidation sites excluding steroid dienone is 2. The van der Waals surface area contributed by atoms with Crippen LogP contribution in [0.5, 0.6) is 0 Å². The van der Waals surface area contributed by atoms with Gasteiger partial charge < -0.3 is 11.1 Å². The van der Waals surface area contributed by atoms with Gasteiger partial charge in [0, 0.05) is 18.5 Å². The van der Waals surface area contributed by atoms with Crippen molar-refractivity contribution in [1.82, 2.24) is 15.2 Å². The molecule has 2 aliphatic heterocycles. The summed E-state index contributed by atoms with van der Waals surface area (Å²) < 4.78 is 0. The summed E-state index contributed by atoms with van der Waals surface area (Å²) in [5, 5.41) is 3.30. The molecule has 3 rings (SSSR count). The van der Waals surface area contributed by atoms with Gasteiger partial charge in [-0.3, -0.25) is 14.9 Å². The lowest BCUT2D eigenvalue weighted by atomic mass is 10.3. The summed E-state index contributed by atoms with van der Waals surface area (Å²) in [5.41, 5.74) is 6.55. The van der Waals surface area contributed by atoms with Crippen molar-refractivity contribution in [3.8, 4) is 0 Å². The highest BCUT2D eigenvalue weighted by atomic mass is 15.3. The normalized spacial score (nSPS) is 23.4. The van der Waals surface area contributed by atoms with E-state index in [1.807, 2.05) is 49.6 Å². The Hall–Kier alpha value is -3.06. The molecule has 0 aromatic carbocycles. The van der Waals surface area contributed by atoms with E-state index >= 15 is 0 Å². The number of aromatic nitrogens is 1. The predicted octanol–water partition coefficient (Wildman–Crippen LogP) is 2.16. The van der Waals surface area contributed by atoms with Crippen molar-refractivity contribution in [2.24, 2.45) is 15.0 Å². The van der Waals surface area contributed by atoms with E-state index < -0.39 is 0 Å². The number of nitrogen functional groups attached to an aromatic ring is 1. The van der Waals surface area contributed by atoms with Crippen LogP contribution in [0, 0.1) is 0 Å². The number of nitrogens with two attached hydrogens (primary N) is 1. The Bertz CT molecular complexity index is 830. The zero-order valence-corrected chi connectivity index (χ0v) is 15.8. The molecule has 7 nitrogen and oxygen atoms in total.